The fraction of sp³-hybridized carbons (Fsp3) is 0.167. The van der Waals surface area contributed by atoms with Crippen LogP contribution in [0.4, 0.5) is 10.6 Å². The highest BCUT2D eigenvalue weighted by molar-refractivity contribution is 6.12. The van der Waals surface area contributed by atoms with Gasteiger partial charge in [0.15, 0.2) is 0 Å². The van der Waals surface area contributed by atoms with Crippen molar-refractivity contribution in [3.05, 3.63) is 29.3 Å². The number of H-pyrrole nitrogens is 1. The Labute approximate surface area is 109 Å². The lowest BCUT2D eigenvalue weighted by atomic mass is 10.1. The zero-order valence-electron chi connectivity index (χ0n) is 10.4. The van der Waals surface area contributed by atoms with E-state index in [-0.39, 0.29) is 11.4 Å². The van der Waals surface area contributed by atoms with E-state index in [0.29, 0.717) is 17.4 Å². The molecule has 1 aromatic heterocycles. The van der Waals surface area contributed by atoms with Gasteiger partial charge in [0.05, 0.1) is 5.56 Å². The Morgan fingerprint density at radius 3 is 2.63 bits per heavy atom. The van der Waals surface area contributed by atoms with E-state index in [1.165, 1.54) is 0 Å². The molecule has 0 radical (unpaired) electrons. The van der Waals surface area contributed by atoms with Crippen LogP contribution in [0, 0.1) is 0 Å². The molecule has 1 aromatic carbocycles. The molecule has 0 aliphatic carbocycles. The fourth-order valence-electron chi connectivity index (χ4n) is 2.03. The summed E-state index contributed by atoms with van der Waals surface area (Å²) in [7, 11) is 1.84. The second-order valence-corrected chi connectivity index (χ2v) is 4.14. The van der Waals surface area contributed by atoms with Gasteiger partial charge in [0.2, 0.25) is 0 Å². The molecule has 0 atom stereocenters. The third kappa shape index (κ3) is 2.50. The highest BCUT2D eigenvalue weighted by Crippen LogP contribution is 2.26. The molecule has 100 valence electrons. The number of aromatic amines is 1. The Morgan fingerprint density at radius 2 is 2.05 bits per heavy atom. The summed E-state index contributed by atoms with van der Waals surface area (Å²) in [5, 5.41) is 6.04. The van der Waals surface area contributed by atoms with Crippen molar-refractivity contribution in [3.63, 3.8) is 0 Å². The smallest absolute Gasteiger partial charge is 0.317 e. The first-order chi connectivity index (χ1) is 9.02. The maximum Gasteiger partial charge on any atom is 0.317 e. The Kier molecular flexibility index (Phi) is 3.39. The molecule has 1 heterocycles. The lowest BCUT2D eigenvalue weighted by Crippen LogP contribution is -2.22. The van der Waals surface area contributed by atoms with Gasteiger partial charge >= 0.3 is 6.03 Å². The molecule has 0 fully saturated rings. The number of fused-ring (bicyclic) bond motifs is 1. The molecule has 2 rings (SSSR count). The van der Waals surface area contributed by atoms with Gasteiger partial charge in [-0.15, -0.1) is 0 Å². The van der Waals surface area contributed by atoms with Crippen LogP contribution in [0.2, 0.25) is 0 Å². The van der Waals surface area contributed by atoms with Crippen molar-refractivity contribution in [3.8, 4) is 0 Å². The van der Waals surface area contributed by atoms with Crippen LogP contribution in [-0.4, -0.2) is 24.0 Å². The second kappa shape index (κ2) is 4.99. The summed E-state index contributed by atoms with van der Waals surface area (Å²) in [6, 6.07) is 4.78. The van der Waals surface area contributed by atoms with Gasteiger partial charge in [-0.1, -0.05) is 12.1 Å². The molecular weight excluding hydrogens is 246 g/mol. The van der Waals surface area contributed by atoms with Crippen molar-refractivity contribution < 1.29 is 9.59 Å². The van der Waals surface area contributed by atoms with Crippen LogP contribution in [0.3, 0.4) is 0 Å². The number of nitrogens with two attached hydrogens (primary N) is 2. The average Bonchev–Trinajstić information content (AvgIpc) is 2.65. The van der Waals surface area contributed by atoms with E-state index < -0.39 is 11.9 Å². The molecule has 0 aliphatic rings. The Balaban J connectivity index is 2.58. The van der Waals surface area contributed by atoms with Crippen molar-refractivity contribution >= 4 is 28.7 Å². The first-order valence-electron chi connectivity index (χ1n) is 5.68. The largest absolute Gasteiger partial charge is 0.365 e. The Morgan fingerprint density at radius 1 is 1.32 bits per heavy atom. The van der Waals surface area contributed by atoms with Crippen molar-refractivity contribution in [1.29, 1.82) is 0 Å². The first kappa shape index (κ1) is 12.9. The SMILES string of the molecule is CNCc1ccc2c(C(N)=O)c(NC(N)=O)[nH]c2c1. The van der Waals surface area contributed by atoms with E-state index in [1.807, 2.05) is 19.2 Å². The molecule has 7 nitrogen and oxygen atoms in total. The molecular formula is C12H15N5O2. The lowest BCUT2D eigenvalue weighted by molar-refractivity contribution is 0.100. The molecule has 3 amide bonds. The molecule has 0 aliphatic heterocycles. The van der Waals surface area contributed by atoms with Gasteiger partial charge in [-0.3, -0.25) is 10.1 Å². The van der Waals surface area contributed by atoms with Gasteiger partial charge in [0, 0.05) is 17.4 Å². The Bertz CT molecular complexity index is 647. The van der Waals surface area contributed by atoms with Crippen LogP contribution in [0.25, 0.3) is 10.9 Å². The minimum absolute atomic E-state index is 0.219. The number of carbonyl (C=O) groups is 2. The molecule has 7 heteroatoms. The lowest BCUT2D eigenvalue weighted by Gasteiger charge is -2.01. The number of hydrogen-bond acceptors (Lipinski definition) is 3. The minimum Gasteiger partial charge on any atom is -0.365 e. The highest BCUT2D eigenvalue weighted by Gasteiger charge is 2.17. The fourth-order valence-corrected chi connectivity index (χ4v) is 2.03. The Hall–Kier alpha value is -2.54. The number of hydrogen-bond donors (Lipinski definition) is 5. The summed E-state index contributed by atoms with van der Waals surface area (Å²) in [5.74, 6) is -0.409. The second-order valence-electron chi connectivity index (χ2n) is 4.14. The average molecular weight is 261 g/mol. The van der Waals surface area contributed by atoms with Gasteiger partial charge < -0.3 is 21.8 Å². The number of benzene rings is 1. The number of primary amides is 2. The van der Waals surface area contributed by atoms with E-state index in [4.69, 9.17) is 11.5 Å². The van der Waals surface area contributed by atoms with Crippen molar-refractivity contribution in [2.45, 2.75) is 6.54 Å². The van der Waals surface area contributed by atoms with Crippen molar-refractivity contribution in [2.24, 2.45) is 11.5 Å². The quantitative estimate of drug-likeness (QED) is 0.549. The van der Waals surface area contributed by atoms with Crippen molar-refractivity contribution in [2.75, 3.05) is 12.4 Å². The zero-order chi connectivity index (χ0) is 14.0. The summed E-state index contributed by atoms with van der Waals surface area (Å²) >= 11 is 0. The first-order valence-corrected chi connectivity index (χ1v) is 5.68. The summed E-state index contributed by atoms with van der Waals surface area (Å²) in [5.41, 5.74) is 12.4. The van der Waals surface area contributed by atoms with Crippen LogP contribution in [0.15, 0.2) is 18.2 Å². The molecule has 0 saturated carbocycles. The predicted molar refractivity (Wildman–Crippen MR) is 72.8 cm³/mol. The van der Waals surface area contributed by atoms with E-state index in [0.717, 1.165) is 5.56 Å². The third-order valence-electron chi connectivity index (χ3n) is 2.74. The summed E-state index contributed by atoms with van der Waals surface area (Å²) in [4.78, 5) is 25.3. The molecule has 0 spiro atoms. The molecule has 19 heavy (non-hydrogen) atoms. The number of anilines is 1. The normalized spacial score (nSPS) is 10.6. The molecule has 0 saturated heterocycles. The van der Waals surface area contributed by atoms with Gasteiger partial charge in [-0.25, -0.2) is 4.79 Å². The van der Waals surface area contributed by atoms with Gasteiger partial charge in [0.1, 0.15) is 5.82 Å². The summed E-state index contributed by atoms with van der Waals surface area (Å²) in [6.07, 6.45) is 0. The molecule has 0 bridgehead atoms. The van der Waals surface area contributed by atoms with Crippen molar-refractivity contribution in [1.82, 2.24) is 10.3 Å². The predicted octanol–water partition coefficient (Wildman–Crippen LogP) is 0.477. The molecule has 7 N–H and O–H groups in total. The zero-order valence-corrected chi connectivity index (χ0v) is 10.4. The number of rotatable bonds is 4. The van der Waals surface area contributed by atoms with Crippen LogP contribution in [0.5, 0.6) is 0 Å². The van der Waals surface area contributed by atoms with Gasteiger partial charge in [-0.05, 0) is 18.7 Å². The van der Waals surface area contributed by atoms with Crippen LogP contribution in [-0.2, 0) is 6.54 Å². The summed E-state index contributed by atoms with van der Waals surface area (Å²) in [6.45, 7) is 0.694. The monoisotopic (exact) mass is 261 g/mol. The number of aromatic nitrogens is 1. The van der Waals surface area contributed by atoms with E-state index in [1.54, 1.807) is 6.07 Å². The maximum atomic E-state index is 11.5. The minimum atomic E-state index is -0.760. The van der Waals surface area contributed by atoms with E-state index in [2.05, 4.69) is 15.6 Å². The van der Waals surface area contributed by atoms with Gasteiger partial charge in [-0.2, -0.15) is 0 Å². The topological polar surface area (TPSA) is 126 Å². The van der Waals surface area contributed by atoms with Gasteiger partial charge in [0.25, 0.3) is 5.91 Å². The third-order valence-corrected chi connectivity index (χ3v) is 2.74. The highest BCUT2D eigenvalue weighted by atomic mass is 16.2. The van der Waals surface area contributed by atoms with E-state index in [9.17, 15) is 9.59 Å². The number of carbonyl (C=O) groups excluding carboxylic acids is 2. The molecule has 0 unspecified atom stereocenters. The molecule has 2 aromatic rings. The van der Waals surface area contributed by atoms with E-state index >= 15 is 0 Å². The van der Waals surface area contributed by atoms with Crippen LogP contribution < -0.4 is 22.1 Å². The van der Waals surface area contributed by atoms with Crippen LogP contribution in [0.1, 0.15) is 15.9 Å². The summed E-state index contributed by atoms with van der Waals surface area (Å²) < 4.78 is 0. The number of nitrogens with one attached hydrogen (secondary N) is 3. The number of amides is 3. The maximum absolute atomic E-state index is 11.5. The van der Waals surface area contributed by atoms with Crippen LogP contribution >= 0.6 is 0 Å². The standard InChI is InChI=1S/C12H15N5O2/c1-15-5-6-2-3-7-8(4-6)16-11(17-12(14)19)9(7)10(13)18/h2-4,15-16H,5H2,1H3,(H2,13,18)(H3,14,17,19). The number of urea groups is 1.